The lowest BCUT2D eigenvalue weighted by Crippen LogP contribution is -2.36. The van der Waals surface area contributed by atoms with Crippen molar-refractivity contribution in [1.29, 1.82) is 0 Å². The van der Waals surface area contributed by atoms with Crippen LogP contribution in [-0.4, -0.2) is 36.5 Å². The van der Waals surface area contributed by atoms with E-state index >= 15 is 0 Å². The maximum absolute atomic E-state index is 11.8. The number of ether oxygens (including phenoxy) is 1. The largest absolute Gasteiger partial charge is 0.465 e. The number of likely N-dealkylation sites (tertiary alicyclic amines) is 1. The molecule has 1 fully saturated rings. The molecular formula is C13H23NO3. The van der Waals surface area contributed by atoms with E-state index in [9.17, 15) is 9.59 Å². The molecule has 0 radical (unpaired) electrons. The summed E-state index contributed by atoms with van der Waals surface area (Å²) in [4.78, 5) is 24.8. The Morgan fingerprint density at radius 3 is 2.76 bits per heavy atom. The van der Waals surface area contributed by atoms with Gasteiger partial charge in [-0.15, -0.1) is 0 Å². The van der Waals surface area contributed by atoms with Gasteiger partial charge in [0.1, 0.15) is 6.54 Å². The fraction of sp³-hybridized carbons (Fsp3) is 0.846. The Hall–Kier alpha value is -1.06. The third kappa shape index (κ3) is 4.36. The quantitative estimate of drug-likeness (QED) is 0.705. The summed E-state index contributed by atoms with van der Waals surface area (Å²) in [6.07, 6.45) is 2.49. The third-order valence-corrected chi connectivity index (χ3v) is 3.42. The van der Waals surface area contributed by atoms with Crippen molar-refractivity contribution in [2.24, 2.45) is 11.8 Å². The van der Waals surface area contributed by atoms with Crippen molar-refractivity contribution >= 4 is 11.9 Å². The zero-order chi connectivity index (χ0) is 12.8. The van der Waals surface area contributed by atoms with Crippen LogP contribution in [-0.2, 0) is 14.3 Å². The van der Waals surface area contributed by atoms with Gasteiger partial charge >= 0.3 is 5.97 Å². The van der Waals surface area contributed by atoms with Crippen LogP contribution in [0, 0.1) is 11.8 Å². The van der Waals surface area contributed by atoms with Gasteiger partial charge in [0.15, 0.2) is 0 Å². The molecule has 0 aromatic heterocycles. The highest BCUT2D eigenvalue weighted by Crippen LogP contribution is 2.24. The monoisotopic (exact) mass is 241 g/mol. The van der Waals surface area contributed by atoms with Crippen LogP contribution in [0.4, 0.5) is 0 Å². The van der Waals surface area contributed by atoms with Gasteiger partial charge in [-0.2, -0.15) is 0 Å². The number of hydrogen-bond acceptors (Lipinski definition) is 3. The molecule has 0 aromatic carbocycles. The first kappa shape index (κ1) is 14.0. The minimum absolute atomic E-state index is 0.0844. The van der Waals surface area contributed by atoms with Crippen LogP contribution < -0.4 is 0 Å². The standard InChI is InChI=1S/C13H23NO3/c1-4-17-13(16)9-14-8-7-11(10(2)3)5-6-12(14)15/h10-11H,4-9H2,1-3H3. The van der Waals surface area contributed by atoms with Gasteiger partial charge in [0.25, 0.3) is 0 Å². The van der Waals surface area contributed by atoms with Crippen molar-refractivity contribution in [2.75, 3.05) is 19.7 Å². The van der Waals surface area contributed by atoms with Crippen molar-refractivity contribution < 1.29 is 14.3 Å². The molecule has 1 aliphatic rings. The third-order valence-electron chi connectivity index (χ3n) is 3.42. The van der Waals surface area contributed by atoms with E-state index in [2.05, 4.69) is 13.8 Å². The molecule has 0 spiro atoms. The lowest BCUT2D eigenvalue weighted by molar-refractivity contribution is -0.148. The summed E-state index contributed by atoms with van der Waals surface area (Å²) in [5, 5.41) is 0. The van der Waals surface area contributed by atoms with Crippen molar-refractivity contribution in [3.05, 3.63) is 0 Å². The molecule has 98 valence electrons. The predicted molar refractivity (Wildman–Crippen MR) is 65.4 cm³/mol. The topological polar surface area (TPSA) is 46.6 Å². The Bertz CT molecular complexity index is 276. The molecule has 1 unspecified atom stereocenters. The molecule has 1 heterocycles. The van der Waals surface area contributed by atoms with Gasteiger partial charge in [-0.1, -0.05) is 13.8 Å². The van der Waals surface area contributed by atoms with Gasteiger partial charge < -0.3 is 9.64 Å². The predicted octanol–water partition coefficient (Wildman–Crippen LogP) is 1.83. The molecule has 0 bridgehead atoms. The molecule has 0 aromatic rings. The van der Waals surface area contributed by atoms with E-state index in [-0.39, 0.29) is 18.4 Å². The van der Waals surface area contributed by atoms with E-state index < -0.39 is 0 Å². The maximum atomic E-state index is 11.8. The van der Waals surface area contributed by atoms with Crippen LogP contribution in [0.25, 0.3) is 0 Å². The molecule has 1 atom stereocenters. The SMILES string of the molecule is CCOC(=O)CN1CCC(C(C)C)CCC1=O. The molecule has 0 aliphatic carbocycles. The van der Waals surface area contributed by atoms with E-state index in [4.69, 9.17) is 4.74 Å². The Morgan fingerprint density at radius 1 is 1.47 bits per heavy atom. The van der Waals surface area contributed by atoms with E-state index in [1.165, 1.54) is 0 Å². The minimum Gasteiger partial charge on any atom is -0.465 e. The number of nitrogens with zero attached hydrogens (tertiary/aromatic N) is 1. The summed E-state index contributed by atoms with van der Waals surface area (Å²) >= 11 is 0. The molecule has 1 rings (SSSR count). The first-order valence-electron chi connectivity index (χ1n) is 6.48. The molecule has 17 heavy (non-hydrogen) atoms. The van der Waals surface area contributed by atoms with Crippen LogP contribution in [0.15, 0.2) is 0 Å². The zero-order valence-corrected chi connectivity index (χ0v) is 11.1. The van der Waals surface area contributed by atoms with E-state index in [1.54, 1.807) is 11.8 Å². The number of hydrogen-bond donors (Lipinski definition) is 0. The molecule has 1 amide bonds. The van der Waals surface area contributed by atoms with Gasteiger partial charge in [0, 0.05) is 13.0 Å². The van der Waals surface area contributed by atoms with E-state index in [0.717, 1.165) is 12.8 Å². The number of rotatable bonds is 4. The average Bonchev–Trinajstić information content (AvgIpc) is 2.43. The summed E-state index contributed by atoms with van der Waals surface area (Å²) in [6.45, 7) is 7.32. The van der Waals surface area contributed by atoms with Crippen molar-refractivity contribution in [2.45, 2.75) is 40.0 Å². The molecule has 0 N–H and O–H groups in total. The van der Waals surface area contributed by atoms with Gasteiger partial charge in [-0.3, -0.25) is 9.59 Å². The summed E-state index contributed by atoms with van der Waals surface area (Å²) < 4.78 is 4.88. The Morgan fingerprint density at radius 2 is 2.18 bits per heavy atom. The number of esters is 1. The molecule has 4 nitrogen and oxygen atoms in total. The number of carbonyl (C=O) groups is 2. The van der Waals surface area contributed by atoms with Crippen LogP contribution in [0.1, 0.15) is 40.0 Å². The van der Waals surface area contributed by atoms with Crippen LogP contribution >= 0.6 is 0 Å². The van der Waals surface area contributed by atoms with E-state index in [1.807, 2.05) is 0 Å². The van der Waals surface area contributed by atoms with Crippen molar-refractivity contribution in [3.8, 4) is 0 Å². The molecule has 1 aliphatic heterocycles. The summed E-state index contributed by atoms with van der Waals surface area (Å²) in [5.74, 6) is 0.974. The van der Waals surface area contributed by atoms with Crippen molar-refractivity contribution in [3.63, 3.8) is 0 Å². The van der Waals surface area contributed by atoms with Crippen LogP contribution in [0.5, 0.6) is 0 Å². The normalized spacial score (nSPS) is 21.5. The molecular weight excluding hydrogens is 218 g/mol. The smallest absolute Gasteiger partial charge is 0.325 e. The summed E-state index contributed by atoms with van der Waals surface area (Å²) in [7, 11) is 0. The van der Waals surface area contributed by atoms with Crippen LogP contribution in [0.2, 0.25) is 0 Å². The number of amides is 1. The second-order valence-corrected chi connectivity index (χ2v) is 4.95. The highest BCUT2D eigenvalue weighted by atomic mass is 16.5. The fourth-order valence-electron chi connectivity index (χ4n) is 2.25. The Balaban J connectivity index is 2.50. The van der Waals surface area contributed by atoms with Crippen molar-refractivity contribution in [1.82, 2.24) is 4.90 Å². The molecule has 4 heteroatoms. The fourth-order valence-corrected chi connectivity index (χ4v) is 2.25. The first-order valence-corrected chi connectivity index (χ1v) is 6.48. The zero-order valence-electron chi connectivity index (χ0n) is 11.1. The second-order valence-electron chi connectivity index (χ2n) is 4.95. The van der Waals surface area contributed by atoms with Gasteiger partial charge in [0.05, 0.1) is 6.61 Å². The summed E-state index contributed by atoms with van der Waals surface area (Å²) in [6, 6.07) is 0. The molecule has 1 saturated heterocycles. The minimum atomic E-state index is -0.302. The van der Waals surface area contributed by atoms with E-state index in [0.29, 0.717) is 31.4 Å². The average molecular weight is 241 g/mol. The highest BCUT2D eigenvalue weighted by molar-refractivity contribution is 5.82. The lowest BCUT2D eigenvalue weighted by atomic mass is 9.89. The Labute approximate surface area is 103 Å². The van der Waals surface area contributed by atoms with Gasteiger partial charge in [-0.25, -0.2) is 0 Å². The van der Waals surface area contributed by atoms with Gasteiger partial charge in [-0.05, 0) is 31.6 Å². The second kappa shape index (κ2) is 6.62. The Kier molecular flexibility index (Phi) is 5.45. The number of carbonyl (C=O) groups excluding carboxylic acids is 2. The lowest BCUT2D eigenvalue weighted by Gasteiger charge is -2.20. The maximum Gasteiger partial charge on any atom is 0.325 e. The highest BCUT2D eigenvalue weighted by Gasteiger charge is 2.25. The van der Waals surface area contributed by atoms with Crippen LogP contribution in [0.3, 0.4) is 0 Å². The van der Waals surface area contributed by atoms with Gasteiger partial charge in [0.2, 0.25) is 5.91 Å². The first-order chi connectivity index (χ1) is 8.04. The summed E-state index contributed by atoms with van der Waals surface area (Å²) in [5.41, 5.74) is 0. The molecule has 0 saturated carbocycles.